The molecule has 3 atom stereocenters. The van der Waals surface area contributed by atoms with Gasteiger partial charge in [0, 0.05) is 16.6 Å². The summed E-state index contributed by atoms with van der Waals surface area (Å²) in [6.07, 6.45) is 5.81. The van der Waals surface area contributed by atoms with Gasteiger partial charge in [-0.05, 0) is 46.4 Å². The molecular formula is C22H18ClN. The van der Waals surface area contributed by atoms with Gasteiger partial charge in [-0.25, -0.2) is 0 Å². The summed E-state index contributed by atoms with van der Waals surface area (Å²) in [4.78, 5) is 0. The first-order valence-corrected chi connectivity index (χ1v) is 8.90. The van der Waals surface area contributed by atoms with Crippen LogP contribution in [0, 0.1) is 5.92 Å². The zero-order valence-electron chi connectivity index (χ0n) is 13.2. The minimum atomic E-state index is 0.257. The van der Waals surface area contributed by atoms with Gasteiger partial charge in [-0.1, -0.05) is 72.3 Å². The molecule has 1 N–H and O–H groups in total. The van der Waals surface area contributed by atoms with Gasteiger partial charge in [0.05, 0.1) is 6.04 Å². The van der Waals surface area contributed by atoms with Crippen molar-refractivity contribution in [1.82, 2.24) is 0 Å². The molecule has 24 heavy (non-hydrogen) atoms. The average Bonchev–Trinajstić information content (AvgIpc) is 3.11. The SMILES string of the molecule is Clc1ccccc1[C@@H]1Nc2ccc3ccccc3c2[C@H]2C=CC[C@@H]21. The van der Waals surface area contributed by atoms with Crippen LogP contribution in [0.3, 0.4) is 0 Å². The Morgan fingerprint density at radius 1 is 0.917 bits per heavy atom. The molecule has 0 aromatic heterocycles. The van der Waals surface area contributed by atoms with E-state index in [1.807, 2.05) is 12.1 Å². The third kappa shape index (κ3) is 2.01. The molecule has 0 radical (unpaired) electrons. The normalized spacial score (nSPS) is 24.5. The summed E-state index contributed by atoms with van der Waals surface area (Å²) in [6.45, 7) is 0. The minimum absolute atomic E-state index is 0.257. The van der Waals surface area contributed by atoms with Crippen molar-refractivity contribution >= 4 is 28.1 Å². The maximum Gasteiger partial charge on any atom is 0.0568 e. The van der Waals surface area contributed by atoms with Crippen LogP contribution in [0.15, 0.2) is 72.8 Å². The molecule has 3 aromatic carbocycles. The van der Waals surface area contributed by atoms with E-state index in [9.17, 15) is 0 Å². The number of anilines is 1. The number of hydrogen-bond donors (Lipinski definition) is 1. The molecule has 2 aliphatic rings. The van der Waals surface area contributed by atoms with Gasteiger partial charge in [0.15, 0.2) is 0 Å². The van der Waals surface area contributed by atoms with E-state index in [0.29, 0.717) is 11.8 Å². The monoisotopic (exact) mass is 331 g/mol. The van der Waals surface area contributed by atoms with Crippen molar-refractivity contribution < 1.29 is 0 Å². The molecule has 1 aliphatic heterocycles. The van der Waals surface area contributed by atoms with E-state index in [4.69, 9.17) is 11.6 Å². The second kappa shape index (κ2) is 5.39. The number of halogens is 1. The van der Waals surface area contributed by atoms with Crippen LogP contribution in [0.1, 0.15) is 29.5 Å². The zero-order chi connectivity index (χ0) is 16.1. The highest BCUT2D eigenvalue weighted by Crippen LogP contribution is 2.52. The van der Waals surface area contributed by atoms with E-state index >= 15 is 0 Å². The van der Waals surface area contributed by atoms with Crippen molar-refractivity contribution in [3.05, 3.63) is 89.0 Å². The van der Waals surface area contributed by atoms with Crippen LogP contribution >= 0.6 is 11.6 Å². The van der Waals surface area contributed by atoms with Crippen LogP contribution < -0.4 is 5.32 Å². The van der Waals surface area contributed by atoms with Crippen molar-refractivity contribution in [3.8, 4) is 0 Å². The van der Waals surface area contributed by atoms with Gasteiger partial charge in [0.25, 0.3) is 0 Å². The Balaban J connectivity index is 1.71. The average molecular weight is 332 g/mol. The van der Waals surface area contributed by atoms with E-state index in [1.54, 1.807) is 0 Å². The summed E-state index contributed by atoms with van der Waals surface area (Å²) in [5, 5.41) is 7.32. The fraction of sp³-hybridized carbons (Fsp3) is 0.182. The summed E-state index contributed by atoms with van der Waals surface area (Å²) >= 11 is 6.51. The van der Waals surface area contributed by atoms with Crippen molar-refractivity contribution in [2.75, 3.05) is 5.32 Å². The molecule has 2 heteroatoms. The molecule has 1 nitrogen and oxygen atoms in total. The molecule has 0 saturated heterocycles. The van der Waals surface area contributed by atoms with Gasteiger partial charge in [-0.3, -0.25) is 0 Å². The maximum atomic E-state index is 6.51. The molecule has 0 fully saturated rings. The lowest BCUT2D eigenvalue weighted by Crippen LogP contribution is -2.29. The van der Waals surface area contributed by atoms with Crippen LogP contribution in [-0.4, -0.2) is 0 Å². The number of rotatable bonds is 1. The van der Waals surface area contributed by atoms with E-state index in [1.165, 1.54) is 27.6 Å². The Morgan fingerprint density at radius 2 is 1.75 bits per heavy atom. The molecule has 118 valence electrons. The van der Waals surface area contributed by atoms with Crippen molar-refractivity contribution in [2.45, 2.75) is 18.4 Å². The first-order valence-electron chi connectivity index (χ1n) is 8.52. The number of allylic oxidation sites excluding steroid dienone is 2. The van der Waals surface area contributed by atoms with Gasteiger partial charge >= 0.3 is 0 Å². The third-order valence-electron chi connectivity index (χ3n) is 5.50. The van der Waals surface area contributed by atoms with Gasteiger partial charge in [0.1, 0.15) is 0 Å². The highest BCUT2D eigenvalue weighted by atomic mass is 35.5. The van der Waals surface area contributed by atoms with Gasteiger partial charge in [-0.2, -0.15) is 0 Å². The second-order valence-electron chi connectivity index (χ2n) is 6.74. The quantitative estimate of drug-likeness (QED) is 0.514. The largest absolute Gasteiger partial charge is 0.378 e. The molecule has 0 unspecified atom stereocenters. The van der Waals surface area contributed by atoms with E-state index in [0.717, 1.165) is 11.4 Å². The Morgan fingerprint density at radius 3 is 2.67 bits per heavy atom. The van der Waals surface area contributed by atoms with Crippen LogP contribution in [0.5, 0.6) is 0 Å². The molecule has 0 amide bonds. The summed E-state index contributed by atoms with van der Waals surface area (Å²) in [6, 6.07) is 21.6. The number of benzene rings is 3. The van der Waals surface area contributed by atoms with Crippen LogP contribution in [0.4, 0.5) is 5.69 Å². The molecule has 5 rings (SSSR count). The fourth-order valence-corrected chi connectivity index (χ4v) is 4.67. The molecular weight excluding hydrogens is 314 g/mol. The van der Waals surface area contributed by atoms with Gasteiger partial charge in [0.2, 0.25) is 0 Å². The van der Waals surface area contributed by atoms with Crippen molar-refractivity contribution in [2.24, 2.45) is 5.92 Å². The zero-order valence-corrected chi connectivity index (χ0v) is 14.0. The van der Waals surface area contributed by atoms with E-state index in [2.05, 4.69) is 66.0 Å². The first kappa shape index (κ1) is 14.1. The van der Waals surface area contributed by atoms with Gasteiger partial charge in [-0.15, -0.1) is 0 Å². The topological polar surface area (TPSA) is 12.0 Å². The predicted molar refractivity (Wildman–Crippen MR) is 102 cm³/mol. The number of hydrogen-bond acceptors (Lipinski definition) is 1. The predicted octanol–water partition coefficient (Wildman–Crippen LogP) is 6.32. The smallest absolute Gasteiger partial charge is 0.0568 e. The highest BCUT2D eigenvalue weighted by molar-refractivity contribution is 6.31. The lowest BCUT2D eigenvalue weighted by molar-refractivity contribution is 0.427. The van der Waals surface area contributed by atoms with E-state index in [-0.39, 0.29) is 6.04 Å². The Kier molecular flexibility index (Phi) is 3.17. The maximum absolute atomic E-state index is 6.51. The fourth-order valence-electron chi connectivity index (χ4n) is 4.42. The molecule has 0 spiro atoms. The Hall–Kier alpha value is -2.25. The molecule has 0 bridgehead atoms. The standard InChI is InChI=1S/C22H18ClN/c23-19-11-4-3-8-18(19)22-17-10-5-9-16(17)21-15-7-2-1-6-14(15)12-13-20(21)24-22/h1-9,11-13,16-17,22,24H,10H2/t16-,17-,22+/m0/s1. The molecule has 1 heterocycles. The minimum Gasteiger partial charge on any atom is -0.378 e. The van der Waals surface area contributed by atoms with Crippen molar-refractivity contribution in [1.29, 1.82) is 0 Å². The number of fused-ring (bicyclic) bond motifs is 5. The van der Waals surface area contributed by atoms with E-state index < -0.39 is 0 Å². The van der Waals surface area contributed by atoms with Gasteiger partial charge < -0.3 is 5.32 Å². The second-order valence-corrected chi connectivity index (χ2v) is 7.15. The van der Waals surface area contributed by atoms with Crippen LogP contribution in [0.2, 0.25) is 5.02 Å². The summed E-state index contributed by atoms with van der Waals surface area (Å²) < 4.78 is 0. The van der Waals surface area contributed by atoms with Crippen LogP contribution in [-0.2, 0) is 0 Å². The lowest BCUT2D eigenvalue weighted by atomic mass is 9.75. The molecule has 3 aromatic rings. The summed E-state index contributed by atoms with van der Waals surface area (Å²) in [5.41, 5.74) is 3.89. The van der Waals surface area contributed by atoms with Crippen molar-refractivity contribution in [3.63, 3.8) is 0 Å². The third-order valence-corrected chi connectivity index (χ3v) is 5.84. The Labute approximate surface area is 147 Å². The summed E-state index contributed by atoms with van der Waals surface area (Å²) in [5.74, 6) is 0.969. The van der Waals surface area contributed by atoms with Crippen LogP contribution in [0.25, 0.3) is 10.8 Å². The molecule has 0 saturated carbocycles. The first-order chi connectivity index (χ1) is 11.8. The molecule has 1 aliphatic carbocycles. The number of nitrogens with one attached hydrogen (secondary N) is 1. The lowest BCUT2D eigenvalue weighted by Gasteiger charge is -2.38. The highest BCUT2D eigenvalue weighted by Gasteiger charge is 2.39. The summed E-state index contributed by atoms with van der Waals surface area (Å²) in [7, 11) is 0. The Bertz CT molecular complexity index is 959.